The number of para-hydroxylation sites is 1. The van der Waals surface area contributed by atoms with Crippen molar-refractivity contribution in [1.29, 1.82) is 0 Å². The molecule has 0 bridgehead atoms. The highest BCUT2D eigenvalue weighted by Gasteiger charge is 2.68. The van der Waals surface area contributed by atoms with Crippen molar-refractivity contribution in [3.8, 4) is 5.75 Å². The molecule has 0 aromatic heterocycles. The van der Waals surface area contributed by atoms with Crippen LogP contribution in [-0.2, 0) is 4.84 Å². The van der Waals surface area contributed by atoms with Gasteiger partial charge in [0.1, 0.15) is 11.7 Å². The molecule has 1 saturated heterocycles. The van der Waals surface area contributed by atoms with Crippen molar-refractivity contribution < 1.29 is 14.5 Å². The number of rotatable bonds is 2. The molecule has 6 heteroatoms. The quantitative estimate of drug-likeness (QED) is 0.627. The Morgan fingerprint density at radius 1 is 1.21 bits per heavy atom. The van der Waals surface area contributed by atoms with Crippen LogP contribution in [0.15, 0.2) is 48.5 Å². The van der Waals surface area contributed by atoms with E-state index in [1.807, 2.05) is 55.5 Å². The number of fused-ring (bicyclic) bond motifs is 3. The number of likely N-dealkylation sites (N-methyl/N-ethyl adjacent to an activating group) is 1. The number of hydrogen-bond donors (Lipinski definition) is 0. The summed E-state index contributed by atoms with van der Waals surface area (Å²) < 4.78 is 6.09. The summed E-state index contributed by atoms with van der Waals surface area (Å²) in [6.07, 6.45) is -0.807. The molecule has 24 heavy (non-hydrogen) atoms. The minimum Gasteiger partial charge on any atom is -0.475 e. The van der Waals surface area contributed by atoms with E-state index < -0.39 is 17.7 Å². The lowest BCUT2D eigenvalue weighted by Crippen LogP contribution is -2.53. The number of hydrogen-bond acceptors (Lipinski definition) is 5. The molecule has 3 atom stereocenters. The van der Waals surface area contributed by atoms with Crippen LogP contribution in [0, 0.1) is 17.0 Å². The molecule has 2 aromatic carbocycles. The van der Waals surface area contributed by atoms with Crippen molar-refractivity contribution in [3.05, 3.63) is 75.3 Å². The summed E-state index contributed by atoms with van der Waals surface area (Å²) in [6.45, 7) is 2.43. The maximum atomic E-state index is 12.1. The van der Waals surface area contributed by atoms with E-state index in [0.29, 0.717) is 12.3 Å². The molecular weight excluding hydrogens is 308 g/mol. The Morgan fingerprint density at radius 3 is 2.62 bits per heavy atom. The van der Waals surface area contributed by atoms with Gasteiger partial charge in [-0.25, -0.2) is 4.84 Å². The third kappa shape index (κ3) is 2.03. The Balaban J connectivity index is 1.92. The summed E-state index contributed by atoms with van der Waals surface area (Å²) in [7, 11) is 1.72. The Morgan fingerprint density at radius 2 is 1.92 bits per heavy atom. The normalized spacial score (nSPS) is 28.8. The summed E-state index contributed by atoms with van der Waals surface area (Å²) in [5.74, 6) is 0.290. The van der Waals surface area contributed by atoms with E-state index in [-0.39, 0.29) is 4.92 Å². The molecule has 0 aliphatic carbocycles. The van der Waals surface area contributed by atoms with E-state index in [1.165, 1.54) is 0 Å². The van der Waals surface area contributed by atoms with Gasteiger partial charge in [0.2, 0.25) is 6.10 Å². The van der Waals surface area contributed by atoms with Crippen LogP contribution in [0.5, 0.6) is 5.75 Å². The van der Waals surface area contributed by atoms with Crippen LogP contribution in [0.3, 0.4) is 0 Å². The third-order valence-electron chi connectivity index (χ3n) is 4.82. The lowest BCUT2D eigenvalue weighted by Gasteiger charge is -2.37. The van der Waals surface area contributed by atoms with Gasteiger partial charge in [-0.2, -0.15) is 5.06 Å². The van der Waals surface area contributed by atoms with Crippen LogP contribution in [0.1, 0.15) is 28.7 Å². The average Bonchev–Trinajstić information content (AvgIpc) is 2.93. The molecule has 2 aliphatic rings. The maximum Gasteiger partial charge on any atom is 0.389 e. The zero-order valence-electron chi connectivity index (χ0n) is 13.5. The minimum absolute atomic E-state index is 0.332. The van der Waals surface area contributed by atoms with E-state index in [9.17, 15) is 10.1 Å². The highest BCUT2D eigenvalue weighted by molar-refractivity contribution is 5.43. The molecule has 0 radical (unpaired) electrons. The SMILES string of the molecule is Cc1ccc([C@@H]2Oc3ccccc3[C@@H]3CN(C)O[C@@]32[N+](=O)[O-])cc1. The molecule has 2 aromatic rings. The highest BCUT2D eigenvalue weighted by Crippen LogP contribution is 2.54. The molecule has 0 unspecified atom stereocenters. The van der Waals surface area contributed by atoms with Gasteiger partial charge in [-0.15, -0.1) is 0 Å². The lowest BCUT2D eigenvalue weighted by atomic mass is 9.80. The summed E-state index contributed by atoms with van der Waals surface area (Å²) in [5, 5.41) is 13.7. The zero-order valence-corrected chi connectivity index (χ0v) is 13.5. The van der Waals surface area contributed by atoms with Gasteiger partial charge in [-0.05, 0) is 13.0 Å². The molecule has 2 aliphatic heterocycles. The van der Waals surface area contributed by atoms with Crippen molar-refractivity contribution in [1.82, 2.24) is 5.06 Å². The van der Waals surface area contributed by atoms with Gasteiger partial charge < -0.3 is 4.74 Å². The molecule has 1 fully saturated rings. The number of ether oxygens (including phenoxy) is 1. The maximum absolute atomic E-state index is 12.1. The largest absolute Gasteiger partial charge is 0.475 e. The van der Waals surface area contributed by atoms with E-state index in [0.717, 1.165) is 16.7 Å². The predicted molar refractivity (Wildman–Crippen MR) is 87.2 cm³/mol. The Kier molecular flexibility index (Phi) is 3.33. The topological polar surface area (TPSA) is 64.8 Å². The summed E-state index contributed by atoms with van der Waals surface area (Å²) in [5.41, 5.74) is 0.999. The first kappa shape index (κ1) is 15.1. The molecule has 2 heterocycles. The third-order valence-corrected chi connectivity index (χ3v) is 4.82. The molecule has 0 saturated carbocycles. The van der Waals surface area contributed by atoms with Crippen LogP contribution < -0.4 is 4.74 Å². The van der Waals surface area contributed by atoms with Gasteiger partial charge in [0.05, 0.1) is 4.92 Å². The van der Waals surface area contributed by atoms with Crippen molar-refractivity contribution in [3.63, 3.8) is 0 Å². The second-order valence-corrected chi connectivity index (χ2v) is 6.41. The van der Waals surface area contributed by atoms with Gasteiger partial charge in [-0.3, -0.25) is 10.1 Å². The highest BCUT2D eigenvalue weighted by atomic mass is 16.8. The first-order chi connectivity index (χ1) is 11.5. The fourth-order valence-corrected chi connectivity index (χ4v) is 3.68. The van der Waals surface area contributed by atoms with Gasteiger partial charge in [-0.1, -0.05) is 48.0 Å². The number of aryl methyl sites for hydroxylation is 1. The smallest absolute Gasteiger partial charge is 0.389 e. The Hall–Kier alpha value is -2.44. The monoisotopic (exact) mass is 326 g/mol. The first-order valence-electron chi connectivity index (χ1n) is 7.89. The average molecular weight is 326 g/mol. The zero-order chi connectivity index (χ0) is 16.9. The number of hydroxylamine groups is 2. The molecule has 0 amide bonds. The van der Waals surface area contributed by atoms with Gasteiger partial charge >= 0.3 is 5.72 Å². The molecule has 6 nitrogen and oxygen atoms in total. The molecule has 0 N–H and O–H groups in total. The van der Waals surface area contributed by atoms with Crippen LogP contribution >= 0.6 is 0 Å². The van der Waals surface area contributed by atoms with Gasteiger partial charge in [0.25, 0.3) is 0 Å². The van der Waals surface area contributed by atoms with Crippen LogP contribution in [-0.4, -0.2) is 29.3 Å². The second kappa shape index (κ2) is 5.29. The first-order valence-corrected chi connectivity index (χ1v) is 7.89. The van der Waals surface area contributed by atoms with E-state index in [2.05, 4.69) is 0 Å². The minimum atomic E-state index is -1.65. The van der Waals surface area contributed by atoms with Gasteiger partial charge in [0.15, 0.2) is 0 Å². The fourth-order valence-electron chi connectivity index (χ4n) is 3.68. The van der Waals surface area contributed by atoms with Crippen LogP contribution in [0.4, 0.5) is 0 Å². The van der Waals surface area contributed by atoms with Crippen molar-refractivity contribution >= 4 is 0 Å². The molecular formula is C18H18N2O4. The van der Waals surface area contributed by atoms with Crippen molar-refractivity contribution in [2.45, 2.75) is 24.7 Å². The Labute approximate surface area is 139 Å². The lowest BCUT2D eigenvalue weighted by molar-refractivity contribution is -0.655. The van der Waals surface area contributed by atoms with Crippen LogP contribution in [0.25, 0.3) is 0 Å². The van der Waals surface area contributed by atoms with E-state index in [1.54, 1.807) is 12.1 Å². The van der Waals surface area contributed by atoms with E-state index in [4.69, 9.17) is 9.57 Å². The predicted octanol–water partition coefficient (Wildman–Crippen LogP) is 3.06. The second-order valence-electron chi connectivity index (χ2n) is 6.41. The summed E-state index contributed by atoms with van der Waals surface area (Å²) >= 11 is 0. The molecule has 124 valence electrons. The fraction of sp³-hybridized carbons (Fsp3) is 0.333. The summed E-state index contributed by atoms with van der Waals surface area (Å²) in [6, 6.07) is 15.1. The Bertz CT molecular complexity index is 792. The van der Waals surface area contributed by atoms with Crippen molar-refractivity contribution in [2.75, 3.05) is 13.6 Å². The standard InChI is InChI=1S/C18H18N2O4/c1-12-7-9-13(10-8-12)17-18(20(21)22)15(11-19(2)24-18)14-5-3-4-6-16(14)23-17/h3-10,15,17H,11H2,1-2H3/t15-,17-,18-/m0/s1. The molecule has 4 rings (SSSR count). The van der Waals surface area contributed by atoms with Crippen molar-refractivity contribution in [2.24, 2.45) is 0 Å². The van der Waals surface area contributed by atoms with Crippen LogP contribution in [0.2, 0.25) is 0 Å². The van der Waals surface area contributed by atoms with E-state index >= 15 is 0 Å². The molecule has 0 spiro atoms. The summed E-state index contributed by atoms with van der Waals surface area (Å²) in [4.78, 5) is 17.6. The number of nitrogens with zero attached hydrogens (tertiary/aromatic N) is 2. The van der Waals surface area contributed by atoms with Gasteiger partial charge in [0, 0.05) is 24.7 Å². The number of benzene rings is 2. The number of nitro groups is 1.